The van der Waals surface area contributed by atoms with E-state index in [4.69, 9.17) is 13.6 Å². The summed E-state index contributed by atoms with van der Waals surface area (Å²) < 4.78 is 32.3. The Balaban J connectivity index is 2.93. The molecule has 5 nitrogen and oxygen atoms in total. The number of halogens is 1. The van der Waals surface area contributed by atoms with Crippen molar-refractivity contribution >= 4 is 34.4 Å². The topological polar surface area (TPSA) is 48.0 Å². The Bertz CT molecular complexity index is 342. The molecule has 0 saturated carbocycles. The monoisotopic (exact) mass is 425 g/mol. The van der Waals surface area contributed by atoms with Gasteiger partial charge in [-0.15, -0.1) is 0 Å². The summed E-state index contributed by atoms with van der Waals surface area (Å²) in [5, 5.41) is 0. The number of rotatable bonds is 9. The predicted octanol–water partition coefficient (Wildman–Crippen LogP) is 4.66. The van der Waals surface area contributed by atoms with Crippen LogP contribution >= 0.6 is 34.4 Å². The van der Waals surface area contributed by atoms with E-state index in [1.165, 1.54) is 0 Å². The van der Waals surface area contributed by atoms with Crippen molar-refractivity contribution in [2.75, 3.05) is 39.2 Å². The van der Waals surface area contributed by atoms with Crippen LogP contribution < -0.4 is 0 Å². The van der Waals surface area contributed by atoms with E-state index in [1.54, 1.807) is 0 Å². The van der Waals surface area contributed by atoms with Crippen molar-refractivity contribution in [3.63, 3.8) is 0 Å². The van der Waals surface area contributed by atoms with E-state index in [1.807, 2.05) is 18.0 Å². The van der Waals surface area contributed by atoms with Gasteiger partial charge in [-0.3, -0.25) is 0 Å². The van der Waals surface area contributed by atoms with Gasteiger partial charge in [-0.2, -0.15) is 0 Å². The molecule has 1 atom stereocenters. The summed E-state index contributed by atoms with van der Waals surface area (Å²) in [5.74, 6) is 0. The van der Waals surface area contributed by atoms with E-state index in [9.17, 15) is 4.57 Å². The summed E-state index contributed by atoms with van der Waals surface area (Å²) in [6, 6.07) is 0. The summed E-state index contributed by atoms with van der Waals surface area (Å²) >= 11 is 2.26. The molecule has 0 aromatic carbocycles. The molecule has 0 N–H and O–H groups in total. The van der Waals surface area contributed by atoms with E-state index in [2.05, 4.69) is 35.9 Å². The van der Waals surface area contributed by atoms with Crippen molar-refractivity contribution in [2.45, 2.75) is 33.6 Å². The third kappa shape index (κ3) is 4.12. The molecule has 1 fully saturated rings. The molecule has 0 aromatic rings. The second kappa shape index (κ2) is 6.99. The number of hydrogen-bond donors (Lipinski definition) is 0. The van der Waals surface area contributed by atoms with Crippen molar-refractivity contribution in [1.82, 2.24) is 4.44 Å². The normalized spacial score (nSPS) is 26.7. The van der Waals surface area contributed by atoms with E-state index < -0.39 is 12.4 Å². The second-order valence-corrected chi connectivity index (χ2v) is 17.4. The van der Waals surface area contributed by atoms with Gasteiger partial charge in [0.15, 0.2) is 0 Å². The van der Waals surface area contributed by atoms with Crippen LogP contribution in [0.15, 0.2) is 0 Å². The first kappa shape index (κ1) is 18.3. The summed E-state index contributed by atoms with van der Waals surface area (Å²) in [5.41, 5.74) is 0. The molecule has 0 spiro atoms. The Hall–Kier alpha value is 1.23. The Morgan fingerprint density at radius 2 is 1.74 bits per heavy atom. The molecule has 1 saturated heterocycles. The van der Waals surface area contributed by atoms with Gasteiger partial charge in [0.05, 0.1) is 0 Å². The predicted molar refractivity (Wildman–Crippen MR) is 90.2 cm³/mol. The van der Waals surface area contributed by atoms with Gasteiger partial charge in [0.1, 0.15) is 0 Å². The Morgan fingerprint density at radius 3 is 2.05 bits per heavy atom. The van der Waals surface area contributed by atoms with Crippen molar-refractivity contribution in [3.05, 3.63) is 0 Å². The molecule has 0 radical (unpaired) electrons. The van der Waals surface area contributed by atoms with Crippen LogP contribution in [0.5, 0.6) is 0 Å². The second-order valence-electron chi connectivity index (χ2n) is 4.73. The summed E-state index contributed by atoms with van der Waals surface area (Å²) in [6.07, 6.45) is 2.43. The maximum atomic E-state index is 12.8. The van der Waals surface area contributed by atoms with Crippen LogP contribution in [0, 0.1) is 0 Å². The first-order chi connectivity index (χ1) is 8.81. The van der Waals surface area contributed by atoms with E-state index in [-0.39, 0.29) is 0 Å². The fourth-order valence-corrected chi connectivity index (χ4v) is 13.2. The third-order valence-corrected chi connectivity index (χ3v) is 14.3. The molecule has 19 heavy (non-hydrogen) atoms. The third-order valence-electron chi connectivity index (χ3n) is 2.94. The van der Waals surface area contributed by atoms with Crippen LogP contribution in [0.3, 0.4) is 0 Å². The Kier molecular flexibility index (Phi) is 6.73. The molecule has 8 heteroatoms. The Labute approximate surface area is 129 Å². The van der Waals surface area contributed by atoms with Crippen LogP contribution in [0.25, 0.3) is 0 Å². The van der Waals surface area contributed by atoms with Gasteiger partial charge in [-0.25, -0.2) is 0 Å². The molecule has 0 amide bonds. The first-order valence-corrected chi connectivity index (χ1v) is 13.9. The zero-order valence-corrected chi connectivity index (χ0v) is 16.2. The van der Waals surface area contributed by atoms with Gasteiger partial charge in [0.2, 0.25) is 0 Å². The van der Waals surface area contributed by atoms with E-state index in [0.29, 0.717) is 26.0 Å². The zero-order valence-electron chi connectivity index (χ0n) is 12.3. The molecular formula is C11H26INO4P2. The molecule has 1 rings (SSSR count). The first-order valence-electron chi connectivity index (χ1n) is 6.87. The standard InChI is InChI=1S/C11H26INO4P2/c1-5-9-16-19(4,12,17-10-6-2)13-8-11-18(13,14)15-7-3/h5-11H2,1-4H3. The van der Waals surface area contributed by atoms with Gasteiger partial charge < -0.3 is 0 Å². The quantitative estimate of drug-likeness (QED) is 0.397. The van der Waals surface area contributed by atoms with Crippen molar-refractivity contribution in [3.8, 4) is 0 Å². The molecule has 1 aliphatic rings. The van der Waals surface area contributed by atoms with Crippen molar-refractivity contribution in [1.29, 1.82) is 0 Å². The van der Waals surface area contributed by atoms with Crippen LogP contribution in [-0.2, 0) is 18.1 Å². The van der Waals surface area contributed by atoms with Crippen LogP contribution in [-0.4, -0.2) is 43.6 Å². The molecule has 1 aliphatic heterocycles. The van der Waals surface area contributed by atoms with Crippen molar-refractivity contribution in [2.24, 2.45) is 0 Å². The molecule has 116 valence electrons. The number of nitrogens with zero attached hydrogens (tertiary/aromatic N) is 1. The van der Waals surface area contributed by atoms with E-state index in [0.717, 1.165) is 19.4 Å². The molecule has 0 aliphatic carbocycles. The van der Waals surface area contributed by atoms with Gasteiger partial charge >= 0.3 is 130 Å². The van der Waals surface area contributed by atoms with Gasteiger partial charge in [0, 0.05) is 0 Å². The minimum absolute atomic E-state index is 0.457. The summed E-state index contributed by atoms with van der Waals surface area (Å²) in [6.45, 7) is 10.4. The van der Waals surface area contributed by atoms with Crippen LogP contribution in [0.2, 0.25) is 0 Å². The minimum atomic E-state index is -3.05. The van der Waals surface area contributed by atoms with Crippen molar-refractivity contribution < 1.29 is 18.1 Å². The van der Waals surface area contributed by atoms with Gasteiger partial charge in [-0.05, 0) is 0 Å². The zero-order chi connectivity index (χ0) is 14.6. The molecule has 1 unspecified atom stereocenters. The average Bonchev–Trinajstić information content (AvgIpc) is 2.33. The van der Waals surface area contributed by atoms with E-state index >= 15 is 0 Å². The SMILES string of the molecule is CCCOP(C)(I)(OCCC)N1CCP1(=O)OCC. The molecular weight excluding hydrogens is 399 g/mol. The molecule has 1 heterocycles. The fourth-order valence-electron chi connectivity index (χ4n) is 1.97. The van der Waals surface area contributed by atoms with Crippen LogP contribution in [0.4, 0.5) is 0 Å². The molecule has 0 aromatic heterocycles. The average molecular weight is 425 g/mol. The van der Waals surface area contributed by atoms with Gasteiger partial charge in [-0.1, -0.05) is 0 Å². The number of hydrogen-bond acceptors (Lipinski definition) is 4. The fraction of sp³-hybridized carbons (Fsp3) is 1.00. The van der Waals surface area contributed by atoms with Crippen LogP contribution in [0.1, 0.15) is 33.6 Å². The Morgan fingerprint density at radius 1 is 1.21 bits per heavy atom. The molecule has 0 bridgehead atoms. The summed E-state index contributed by atoms with van der Waals surface area (Å²) in [4.78, 5) is -3.05. The summed E-state index contributed by atoms with van der Waals surface area (Å²) in [7, 11) is -2.74. The van der Waals surface area contributed by atoms with Gasteiger partial charge in [0.25, 0.3) is 0 Å². The maximum absolute atomic E-state index is 12.8.